The van der Waals surface area contributed by atoms with Crippen molar-refractivity contribution in [1.82, 2.24) is 4.90 Å². The van der Waals surface area contributed by atoms with Gasteiger partial charge in [0.1, 0.15) is 0 Å². The van der Waals surface area contributed by atoms with Crippen LogP contribution in [0.2, 0.25) is 0 Å². The van der Waals surface area contributed by atoms with Crippen LogP contribution in [0, 0.1) is 0 Å². The fourth-order valence-electron chi connectivity index (χ4n) is 0.592. The van der Waals surface area contributed by atoms with Crippen molar-refractivity contribution in [3.8, 4) is 0 Å². The van der Waals surface area contributed by atoms with E-state index in [9.17, 15) is 4.79 Å². The molecule has 11 heavy (non-hydrogen) atoms. The second kappa shape index (κ2) is 4.91. The maximum absolute atomic E-state index is 10.7. The van der Waals surface area contributed by atoms with E-state index in [1.54, 1.807) is 6.08 Å². The molecule has 0 aromatic rings. The number of methoxy groups -OCH3 is 1. The zero-order chi connectivity index (χ0) is 8.85. The minimum atomic E-state index is -0.221. The maximum atomic E-state index is 10.7. The van der Waals surface area contributed by atoms with E-state index in [0.29, 0.717) is 6.54 Å². The second-order valence-electron chi connectivity index (χ2n) is 2.47. The number of nitrogens with zero attached hydrogens (tertiary/aromatic N) is 1. The standard InChI is InChI=1S/C8H15NO2/c1-5-7(2)9(3)6-8(10)11-4/h5,7H,1,6H2,2-4H3. The first-order valence-electron chi connectivity index (χ1n) is 3.51. The van der Waals surface area contributed by atoms with Crippen molar-refractivity contribution in [2.45, 2.75) is 13.0 Å². The number of hydrogen-bond acceptors (Lipinski definition) is 3. The second-order valence-corrected chi connectivity index (χ2v) is 2.47. The van der Waals surface area contributed by atoms with E-state index < -0.39 is 0 Å². The Balaban J connectivity index is 3.76. The van der Waals surface area contributed by atoms with Gasteiger partial charge >= 0.3 is 5.97 Å². The first-order chi connectivity index (χ1) is 5.11. The Morgan fingerprint density at radius 2 is 2.36 bits per heavy atom. The van der Waals surface area contributed by atoms with Crippen molar-refractivity contribution in [3.05, 3.63) is 12.7 Å². The number of hydrogen-bond donors (Lipinski definition) is 0. The molecule has 0 aromatic heterocycles. The van der Waals surface area contributed by atoms with Gasteiger partial charge in [-0.1, -0.05) is 6.08 Å². The Kier molecular flexibility index (Phi) is 4.54. The highest BCUT2D eigenvalue weighted by atomic mass is 16.5. The molecule has 0 heterocycles. The lowest BCUT2D eigenvalue weighted by atomic mass is 10.3. The van der Waals surface area contributed by atoms with Crippen LogP contribution in [0.25, 0.3) is 0 Å². The van der Waals surface area contributed by atoms with Gasteiger partial charge in [0, 0.05) is 6.04 Å². The molecule has 0 radical (unpaired) electrons. The zero-order valence-corrected chi connectivity index (χ0v) is 7.33. The molecule has 64 valence electrons. The summed E-state index contributed by atoms with van der Waals surface area (Å²) in [6.07, 6.45) is 1.78. The van der Waals surface area contributed by atoms with Crippen LogP contribution in [-0.4, -0.2) is 37.6 Å². The summed E-state index contributed by atoms with van der Waals surface area (Å²) in [7, 11) is 3.23. The van der Waals surface area contributed by atoms with E-state index in [1.165, 1.54) is 7.11 Å². The van der Waals surface area contributed by atoms with E-state index >= 15 is 0 Å². The van der Waals surface area contributed by atoms with Crippen LogP contribution in [0.5, 0.6) is 0 Å². The van der Waals surface area contributed by atoms with Crippen molar-refractivity contribution in [2.75, 3.05) is 20.7 Å². The van der Waals surface area contributed by atoms with Crippen LogP contribution in [0.1, 0.15) is 6.92 Å². The molecule has 0 fully saturated rings. The lowest BCUT2D eigenvalue weighted by molar-refractivity contribution is -0.141. The van der Waals surface area contributed by atoms with E-state index in [2.05, 4.69) is 11.3 Å². The van der Waals surface area contributed by atoms with Crippen LogP contribution in [0.15, 0.2) is 12.7 Å². The van der Waals surface area contributed by atoms with Crippen molar-refractivity contribution >= 4 is 5.97 Å². The predicted molar refractivity (Wildman–Crippen MR) is 44.3 cm³/mol. The number of esters is 1. The zero-order valence-electron chi connectivity index (χ0n) is 7.33. The third-order valence-corrected chi connectivity index (χ3v) is 1.64. The van der Waals surface area contributed by atoms with E-state index in [1.807, 2.05) is 18.9 Å². The molecule has 0 aliphatic carbocycles. The molecule has 0 aliphatic rings. The van der Waals surface area contributed by atoms with Gasteiger partial charge in [-0.15, -0.1) is 6.58 Å². The Morgan fingerprint density at radius 3 is 2.73 bits per heavy atom. The molecule has 0 amide bonds. The Hall–Kier alpha value is -0.830. The topological polar surface area (TPSA) is 29.5 Å². The first-order valence-corrected chi connectivity index (χ1v) is 3.51. The van der Waals surface area contributed by atoms with Gasteiger partial charge in [-0.05, 0) is 14.0 Å². The van der Waals surface area contributed by atoms with Gasteiger partial charge in [-0.25, -0.2) is 0 Å². The number of carbonyl (C=O) groups excluding carboxylic acids is 1. The Bertz CT molecular complexity index is 145. The van der Waals surface area contributed by atoms with Gasteiger partial charge < -0.3 is 4.74 Å². The Morgan fingerprint density at radius 1 is 1.82 bits per heavy atom. The van der Waals surface area contributed by atoms with Crippen LogP contribution < -0.4 is 0 Å². The minimum absolute atomic E-state index is 0.203. The van der Waals surface area contributed by atoms with Gasteiger partial charge in [0.25, 0.3) is 0 Å². The first kappa shape index (κ1) is 10.2. The monoisotopic (exact) mass is 157 g/mol. The molecule has 0 spiro atoms. The van der Waals surface area contributed by atoms with Crippen LogP contribution in [-0.2, 0) is 9.53 Å². The highest BCUT2D eigenvalue weighted by Gasteiger charge is 2.09. The molecule has 1 atom stereocenters. The Labute approximate surface area is 67.6 Å². The van der Waals surface area contributed by atoms with E-state index in [4.69, 9.17) is 0 Å². The number of likely N-dealkylation sites (N-methyl/N-ethyl adjacent to an activating group) is 1. The molecule has 0 saturated heterocycles. The molecule has 0 aliphatic heterocycles. The maximum Gasteiger partial charge on any atom is 0.319 e. The highest BCUT2D eigenvalue weighted by molar-refractivity contribution is 5.71. The van der Waals surface area contributed by atoms with Crippen LogP contribution in [0.3, 0.4) is 0 Å². The minimum Gasteiger partial charge on any atom is -0.468 e. The largest absolute Gasteiger partial charge is 0.468 e. The molecule has 3 nitrogen and oxygen atoms in total. The third kappa shape index (κ3) is 3.78. The molecular formula is C8H15NO2. The van der Waals surface area contributed by atoms with Crippen LogP contribution >= 0.6 is 0 Å². The summed E-state index contributed by atoms with van der Waals surface area (Å²) in [5.41, 5.74) is 0. The van der Waals surface area contributed by atoms with Crippen molar-refractivity contribution in [2.24, 2.45) is 0 Å². The lowest BCUT2D eigenvalue weighted by Crippen LogP contribution is -2.32. The van der Waals surface area contributed by atoms with Crippen LogP contribution in [0.4, 0.5) is 0 Å². The quantitative estimate of drug-likeness (QED) is 0.443. The van der Waals surface area contributed by atoms with Crippen molar-refractivity contribution < 1.29 is 9.53 Å². The van der Waals surface area contributed by atoms with Gasteiger partial charge in [0.15, 0.2) is 0 Å². The summed E-state index contributed by atoms with van der Waals surface area (Å²) in [6.45, 7) is 5.90. The van der Waals surface area contributed by atoms with Crippen molar-refractivity contribution in [3.63, 3.8) is 0 Å². The molecule has 0 rings (SSSR count). The average molecular weight is 157 g/mol. The number of carbonyl (C=O) groups is 1. The van der Waals surface area contributed by atoms with Gasteiger partial charge in [-0.3, -0.25) is 9.69 Å². The fourth-order valence-corrected chi connectivity index (χ4v) is 0.592. The lowest BCUT2D eigenvalue weighted by Gasteiger charge is -2.19. The summed E-state index contributed by atoms with van der Waals surface area (Å²) >= 11 is 0. The number of ether oxygens (including phenoxy) is 1. The smallest absolute Gasteiger partial charge is 0.319 e. The van der Waals surface area contributed by atoms with Gasteiger partial charge in [0.05, 0.1) is 13.7 Å². The number of rotatable bonds is 4. The SMILES string of the molecule is C=CC(C)N(C)CC(=O)OC. The molecular weight excluding hydrogens is 142 g/mol. The summed E-state index contributed by atoms with van der Waals surface area (Å²) in [5.74, 6) is -0.221. The van der Waals surface area contributed by atoms with E-state index in [-0.39, 0.29) is 12.0 Å². The van der Waals surface area contributed by atoms with Gasteiger partial charge in [-0.2, -0.15) is 0 Å². The van der Waals surface area contributed by atoms with Crippen molar-refractivity contribution in [1.29, 1.82) is 0 Å². The molecule has 0 bridgehead atoms. The third-order valence-electron chi connectivity index (χ3n) is 1.64. The molecule has 1 unspecified atom stereocenters. The molecule has 3 heteroatoms. The molecule has 0 saturated carbocycles. The predicted octanol–water partition coefficient (Wildman–Crippen LogP) is 0.666. The summed E-state index contributed by atoms with van der Waals surface area (Å²) in [6, 6.07) is 0.203. The average Bonchev–Trinajstić information content (AvgIpc) is 2.02. The summed E-state index contributed by atoms with van der Waals surface area (Å²) in [5, 5.41) is 0. The van der Waals surface area contributed by atoms with E-state index in [0.717, 1.165) is 0 Å². The summed E-state index contributed by atoms with van der Waals surface area (Å²) in [4.78, 5) is 12.6. The normalized spacial score (nSPS) is 12.7. The van der Waals surface area contributed by atoms with Gasteiger partial charge in [0.2, 0.25) is 0 Å². The highest BCUT2D eigenvalue weighted by Crippen LogP contribution is 1.95. The fraction of sp³-hybridized carbons (Fsp3) is 0.625. The molecule has 0 aromatic carbocycles. The molecule has 0 N–H and O–H groups in total. The summed E-state index contributed by atoms with van der Waals surface area (Å²) < 4.78 is 4.50.